The SMILES string of the molecule is CCCC1CC1(O)c1cc(OC)c(OC)cc1OC. The highest BCUT2D eigenvalue weighted by Gasteiger charge is 2.55. The molecule has 0 aliphatic heterocycles. The Kier molecular flexibility index (Phi) is 3.90. The fourth-order valence-electron chi connectivity index (χ4n) is 2.70. The van der Waals surface area contributed by atoms with E-state index in [0.29, 0.717) is 23.2 Å². The second kappa shape index (κ2) is 5.29. The lowest BCUT2D eigenvalue weighted by Gasteiger charge is -2.18. The Labute approximate surface area is 114 Å². The number of hydrogen-bond acceptors (Lipinski definition) is 4. The van der Waals surface area contributed by atoms with Crippen LogP contribution in [0.1, 0.15) is 31.7 Å². The van der Waals surface area contributed by atoms with Gasteiger partial charge in [0.05, 0.1) is 26.9 Å². The highest BCUT2D eigenvalue weighted by atomic mass is 16.5. The molecule has 0 aromatic heterocycles. The van der Waals surface area contributed by atoms with Gasteiger partial charge < -0.3 is 19.3 Å². The first-order valence-corrected chi connectivity index (χ1v) is 6.63. The van der Waals surface area contributed by atoms with E-state index < -0.39 is 5.60 Å². The summed E-state index contributed by atoms with van der Waals surface area (Å²) in [6.07, 6.45) is 2.88. The van der Waals surface area contributed by atoms with Crippen molar-refractivity contribution in [2.45, 2.75) is 31.8 Å². The molecule has 2 unspecified atom stereocenters. The molecule has 1 saturated carbocycles. The maximum Gasteiger partial charge on any atom is 0.164 e. The van der Waals surface area contributed by atoms with Crippen LogP contribution in [-0.4, -0.2) is 26.4 Å². The molecule has 0 spiro atoms. The zero-order chi connectivity index (χ0) is 14.0. The van der Waals surface area contributed by atoms with Crippen LogP contribution < -0.4 is 14.2 Å². The minimum atomic E-state index is -0.777. The van der Waals surface area contributed by atoms with E-state index in [4.69, 9.17) is 14.2 Å². The van der Waals surface area contributed by atoms with Crippen LogP contribution in [-0.2, 0) is 5.60 Å². The monoisotopic (exact) mass is 266 g/mol. The summed E-state index contributed by atoms with van der Waals surface area (Å²) in [4.78, 5) is 0. The molecule has 0 saturated heterocycles. The van der Waals surface area contributed by atoms with Crippen LogP contribution in [0.25, 0.3) is 0 Å². The predicted molar refractivity (Wildman–Crippen MR) is 73.0 cm³/mol. The zero-order valence-corrected chi connectivity index (χ0v) is 12.0. The first-order chi connectivity index (χ1) is 9.10. The zero-order valence-electron chi connectivity index (χ0n) is 12.0. The molecule has 4 heteroatoms. The number of ether oxygens (including phenoxy) is 3. The minimum absolute atomic E-state index is 0.310. The molecule has 1 N–H and O–H groups in total. The largest absolute Gasteiger partial charge is 0.496 e. The molecule has 1 fully saturated rings. The quantitative estimate of drug-likeness (QED) is 0.860. The van der Waals surface area contributed by atoms with Crippen molar-refractivity contribution in [3.63, 3.8) is 0 Å². The van der Waals surface area contributed by atoms with E-state index in [2.05, 4.69) is 6.92 Å². The fraction of sp³-hybridized carbons (Fsp3) is 0.600. The van der Waals surface area contributed by atoms with Crippen molar-refractivity contribution >= 4 is 0 Å². The first kappa shape index (κ1) is 14.0. The highest BCUT2D eigenvalue weighted by molar-refractivity contribution is 5.54. The molecule has 0 amide bonds. The predicted octanol–water partition coefficient (Wildman–Crippen LogP) is 2.72. The van der Waals surface area contributed by atoms with Gasteiger partial charge in [-0.2, -0.15) is 0 Å². The van der Waals surface area contributed by atoms with Crippen molar-refractivity contribution in [2.75, 3.05) is 21.3 Å². The lowest BCUT2D eigenvalue weighted by molar-refractivity contribution is 0.125. The van der Waals surface area contributed by atoms with Gasteiger partial charge in [0.2, 0.25) is 0 Å². The van der Waals surface area contributed by atoms with E-state index in [0.717, 1.165) is 24.8 Å². The minimum Gasteiger partial charge on any atom is -0.496 e. The van der Waals surface area contributed by atoms with E-state index in [-0.39, 0.29) is 0 Å². The number of methoxy groups -OCH3 is 3. The Morgan fingerprint density at radius 2 is 1.68 bits per heavy atom. The standard InChI is InChI=1S/C15H22O4/c1-5-6-10-9-15(10,16)11-7-13(18-3)14(19-4)8-12(11)17-2/h7-8,10,16H,5-6,9H2,1-4H3. The lowest BCUT2D eigenvalue weighted by Crippen LogP contribution is -2.11. The molecule has 1 aromatic rings. The van der Waals surface area contributed by atoms with Crippen molar-refractivity contribution in [3.05, 3.63) is 17.7 Å². The van der Waals surface area contributed by atoms with Gasteiger partial charge in [-0.05, 0) is 24.8 Å². The van der Waals surface area contributed by atoms with Crippen LogP contribution in [0.3, 0.4) is 0 Å². The summed E-state index contributed by atoms with van der Waals surface area (Å²) in [6, 6.07) is 3.60. The van der Waals surface area contributed by atoms with E-state index in [1.165, 1.54) is 0 Å². The Balaban J connectivity index is 2.40. The molecule has 1 aliphatic carbocycles. The van der Waals surface area contributed by atoms with E-state index in [1.54, 1.807) is 27.4 Å². The maximum atomic E-state index is 10.7. The van der Waals surface area contributed by atoms with Gasteiger partial charge in [-0.15, -0.1) is 0 Å². The van der Waals surface area contributed by atoms with Crippen molar-refractivity contribution in [2.24, 2.45) is 5.92 Å². The van der Waals surface area contributed by atoms with Crippen LogP contribution in [0.4, 0.5) is 0 Å². The van der Waals surface area contributed by atoms with Crippen LogP contribution >= 0.6 is 0 Å². The van der Waals surface area contributed by atoms with Crippen molar-refractivity contribution in [1.82, 2.24) is 0 Å². The lowest BCUT2D eigenvalue weighted by atomic mass is 10.0. The second-order valence-corrected chi connectivity index (χ2v) is 5.02. The van der Waals surface area contributed by atoms with Crippen LogP contribution in [0.2, 0.25) is 0 Å². The smallest absolute Gasteiger partial charge is 0.164 e. The second-order valence-electron chi connectivity index (χ2n) is 5.02. The molecule has 1 aromatic carbocycles. The average molecular weight is 266 g/mol. The molecule has 2 rings (SSSR count). The Hall–Kier alpha value is -1.42. The van der Waals surface area contributed by atoms with Gasteiger partial charge in [0.1, 0.15) is 5.75 Å². The summed E-state index contributed by atoms with van der Waals surface area (Å²) in [5.74, 6) is 2.19. The first-order valence-electron chi connectivity index (χ1n) is 6.63. The molecule has 0 bridgehead atoms. The van der Waals surface area contributed by atoms with Crippen molar-refractivity contribution in [3.8, 4) is 17.2 Å². The average Bonchev–Trinajstić information content (AvgIpc) is 3.09. The van der Waals surface area contributed by atoms with Gasteiger partial charge in [-0.25, -0.2) is 0 Å². The molecule has 1 aliphatic rings. The third-order valence-corrected chi connectivity index (χ3v) is 3.88. The molecule has 0 heterocycles. The number of hydrogen-bond donors (Lipinski definition) is 1. The van der Waals surface area contributed by atoms with Gasteiger partial charge in [0.25, 0.3) is 0 Å². The van der Waals surface area contributed by atoms with Gasteiger partial charge in [-0.1, -0.05) is 13.3 Å². The van der Waals surface area contributed by atoms with E-state index in [1.807, 2.05) is 6.07 Å². The summed E-state index contributed by atoms with van der Waals surface area (Å²) < 4.78 is 15.9. The summed E-state index contributed by atoms with van der Waals surface area (Å²) in [5.41, 5.74) is 0.0204. The van der Waals surface area contributed by atoms with Crippen molar-refractivity contribution in [1.29, 1.82) is 0 Å². The third-order valence-electron chi connectivity index (χ3n) is 3.88. The maximum absolute atomic E-state index is 10.7. The highest BCUT2D eigenvalue weighted by Crippen LogP contribution is 2.57. The molecule has 19 heavy (non-hydrogen) atoms. The Bertz CT molecular complexity index is 458. The number of rotatable bonds is 6. The summed E-state index contributed by atoms with van der Waals surface area (Å²) in [5, 5.41) is 10.7. The van der Waals surface area contributed by atoms with Gasteiger partial charge >= 0.3 is 0 Å². The molecule has 4 nitrogen and oxygen atoms in total. The summed E-state index contributed by atoms with van der Waals surface area (Å²) >= 11 is 0. The molecule has 0 radical (unpaired) electrons. The summed E-state index contributed by atoms with van der Waals surface area (Å²) in [6.45, 7) is 2.13. The molecule has 2 atom stereocenters. The summed E-state index contributed by atoms with van der Waals surface area (Å²) in [7, 11) is 4.78. The molecule has 106 valence electrons. The van der Waals surface area contributed by atoms with Crippen LogP contribution in [0.15, 0.2) is 12.1 Å². The van der Waals surface area contributed by atoms with Gasteiger partial charge in [-0.3, -0.25) is 0 Å². The molecular formula is C15H22O4. The third kappa shape index (κ3) is 2.37. The van der Waals surface area contributed by atoms with Crippen molar-refractivity contribution < 1.29 is 19.3 Å². The number of aliphatic hydroxyl groups is 1. The van der Waals surface area contributed by atoms with Crippen LogP contribution in [0.5, 0.6) is 17.2 Å². The van der Waals surface area contributed by atoms with Gasteiger partial charge in [0, 0.05) is 11.6 Å². The number of benzene rings is 1. The van der Waals surface area contributed by atoms with Crippen LogP contribution in [0, 0.1) is 5.92 Å². The normalized spacial score (nSPS) is 25.0. The Morgan fingerprint density at radius 3 is 2.21 bits per heavy atom. The molecular weight excluding hydrogens is 244 g/mol. The topological polar surface area (TPSA) is 47.9 Å². The van der Waals surface area contributed by atoms with Gasteiger partial charge in [0.15, 0.2) is 11.5 Å². The fourth-order valence-corrected chi connectivity index (χ4v) is 2.70. The van der Waals surface area contributed by atoms with E-state index >= 15 is 0 Å². The van der Waals surface area contributed by atoms with E-state index in [9.17, 15) is 5.11 Å². The Morgan fingerprint density at radius 1 is 1.11 bits per heavy atom.